The number of ether oxygens (including phenoxy) is 2. The minimum Gasteiger partial charge on any atom is -0.460 e. The summed E-state index contributed by atoms with van der Waals surface area (Å²) in [5, 5.41) is 9.91. The van der Waals surface area contributed by atoms with Crippen LogP contribution in [0.5, 0.6) is 0 Å². The number of aliphatic hydroxyl groups excluding tert-OH is 1. The van der Waals surface area contributed by atoms with Crippen molar-refractivity contribution in [1.82, 2.24) is 0 Å². The lowest BCUT2D eigenvalue weighted by molar-refractivity contribution is -0.141. The molecule has 178 valence electrons. The van der Waals surface area contributed by atoms with Crippen molar-refractivity contribution < 1.29 is 31.7 Å². The Hall–Kier alpha value is -0.122. The number of esters is 1. The fourth-order valence-corrected chi connectivity index (χ4v) is 17.3. The fourth-order valence-electron chi connectivity index (χ4n) is 2.64. The molecule has 0 aliphatic heterocycles. The summed E-state index contributed by atoms with van der Waals surface area (Å²) in [6.07, 6.45) is 2.77. The molecular weight excluding hydrogens is 453 g/mol. The predicted octanol–water partition coefficient (Wildman–Crippen LogP) is 4.37. The Balaban J connectivity index is 4.86. The molecule has 30 heavy (non-hydrogen) atoms. The van der Waals surface area contributed by atoms with Gasteiger partial charge in [-0.25, -0.2) is 4.79 Å². The molecule has 0 rings (SSSR count). The molecule has 0 aromatic carbocycles. The molecular formula is C19H44O7Si4. The highest BCUT2D eigenvalue weighted by molar-refractivity contribution is 6.90. The molecule has 0 heterocycles. The standard InChI is InChI=1S/C19H44O7Si4/c1-11-13-19(21)23-17-18(20)16-22-14-12-15-30(24-27(2,3)4,25-28(5,6)7)26-29(8,9)10/h11,13,18,20H,12,14-17H2,1-10H3. The third-order valence-electron chi connectivity index (χ3n) is 3.19. The average molecular weight is 497 g/mol. The van der Waals surface area contributed by atoms with Gasteiger partial charge in [-0.1, -0.05) is 6.08 Å². The summed E-state index contributed by atoms with van der Waals surface area (Å²) >= 11 is 0. The van der Waals surface area contributed by atoms with Crippen LogP contribution in [0.25, 0.3) is 0 Å². The molecule has 11 heteroatoms. The molecule has 0 aliphatic carbocycles. The smallest absolute Gasteiger partial charge is 0.460 e. The van der Waals surface area contributed by atoms with Crippen LogP contribution in [0.15, 0.2) is 12.2 Å². The molecule has 0 aromatic heterocycles. The number of hydrogen-bond donors (Lipinski definition) is 1. The Labute approximate surface area is 187 Å². The Morgan fingerprint density at radius 1 is 0.867 bits per heavy atom. The number of hydrogen-bond acceptors (Lipinski definition) is 7. The lowest BCUT2D eigenvalue weighted by atomic mass is 10.4. The number of carbonyl (C=O) groups excluding carboxylic acids is 1. The highest BCUT2D eigenvalue weighted by Crippen LogP contribution is 2.29. The van der Waals surface area contributed by atoms with Crippen molar-refractivity contribution >= 4 is 39.7 Å². The van der Waals surface area contributed by atoms with Crippen LogP contribution in [0.4, 0.5) is 0 Å². The fraction of sp³-hybridized carbons (Fsp3) is 0.842. The first-order valence-corrected chi connectivity index (χ1v) is 22.8. The van der Waals surface area contributed by atoms with E-state index in [1.165, 1.54) is 6.08 Å². The third kappa shape index (κ3) is 16.6. The van der Waals surface area contributed by atoms with Gasteiger partial charge >= 0.3 is 14.8 Å². The zero-order valence-electron chi connectivity index (χ0n) is 20.7. The molecule has 0 amide bonds. The van der Waals surface area contributed by atoms with Gasteiger partial charge in [0.05, 0.1) is 6.61 Å². The van der Waals surface area contributed by atoms with E-state index in [9.17, 15) is 9.90 Å². The molecule has 1 N–H and O–H groups in total. The Kier molecular flexibility index (Phi) is 12.7. The van der Waals surface area contributed by atoms with Gasteiger partial charge in [-0.15, -0.1) is 0 Å². The van der Waals surface area contributed by atoms with Crippen molar-refractivity contribution in [1.29, 1.82) is 0 Å². The topological polar surface area (TPSA) is 83.5 Å². The SMILES string of the molecule is CC=CC(=O)OCC(O)COCCC[Si](O[Si](C)(C)C)(O[Si](C)(C)C)O[Si](C)(C)C. The van der Waals surface area contributed by atoms with Crippen molar-refractivity contribution in [2.45, 2.75) is 84.4 Å². The van der Waals surface area contributed by atoms with E-state index >= 15 is 0 Å². The van der Waals surface area contributed by atoms with E-state index in [-0.39, 0.29) is 13.2 Å². The second-order valence-electron chi connectivity index (χ2n) is 10.3. The van der Waals surface area contributed by atoms with Crippen LogP contribution in [0.2, 0.25) is 65.0 Å². The predicted molar refractivity (Wildman–Crippen MR) is 131 cm³/mol. The van der Waals surface area contributed by atoms with Crippen LogP contribution in [0, 0.1) is 0 Å². The molecule has 0 bridgehead atoms. The molecule has 1 atom stereocenters. The highest BCUT2D eigenvalue weighted by atomic mass is 28.5. The van der Waals surface area contributed by atoms with Gasteiger partial charge in [0.25, 0.3) is 0 Å². The average Bonchev–Trinajstić information content (AvgIpc) is 2.47. The van der Waals surface area contributed by atoms with Gasteiger partial charge in [-0.3, -0.25) is 0 Å². The molecule has 0 spiro atoms. The summed E-state index contributed by atoms with van der Waals surface area (Å²) in [5.41, 5.74) is 0. The van der Waals surface area contributed by atoms with Gasteiger partial charge < -0.3 is 26.9 Å². The van der Waals surface area contributed by atoms with E-state index in [1.54, 1.807) is 13.0 Å². The van der Waals surface area contributed by atoms with Gasteiger partial charge in [-0.05, 0) is 72.3 Å². The molecule has 0 aromatic rings. The second kappa shape index (κ2) is 12.8. The van der Waals surface area contributed by atoms with E-state index in [2.05, 4.69) is 58.9 Å². The Morgan fingerprint density at radius 3 is 1.73 bits per heavy atom. The number of rotatable bonds is 15. The van der Waals surface area contributed by atoms with Gasteiger partial charge in [0.1, 0.15) is 12.7 Å². The summed E-state index contributed by atoms with van der Waals surface area (Å²) in [5.74, 6) is -0.470. The Morgan fingerprint density at radius 2 is 1.33 bits per heavy atom. The van der Waals surface area contributed by atoms with Gasteiger partial charge in [0.15, 0.2) is 25.0 Å². The molecule has 0 aliphatic rings. The van der Waals surface area contributed by atoms with Gasteiger partial charge in [-0.2, -0.15) is 0 Å². The maximum Gasteiger partial charge on any atom is 0.469 e. The number of carbonyl (C=O) groups is 1. The molecule has 7 nitrogen and oxygen atoms in total. The van der Waals surface area contributed by atoms with E-state index in [4.69, 9.17) is 21.8 Å². The van der Waals surface area contributed by atoms with E-state index in [1.807, 2.05) is 0 Å². The second-order valence-corrected chi connectivity index (χ2v) is 27.3. The van der Waals surface area contributed by atoms with Crippen molar-refractivity contribution in [3.8, 4) is 0 Å². The van der Waals surface area contributed by atoms with Gasteiger partial charge in [0.2, 0.25) is 0 Å². The maximum absolute atomic E-state index is 11.3. The number of allylic oxidation sites excluding steroid dienone is 1. The summed E-state index contributed by atoms with van der Waals surface area (Å²) < 4.78 is 30.4. The molecule has 0 saturated heterocycles. The summed E-state index contributed by atoms with van der Waals surface area (Å²) in [6, 6.07) is 0.693. The van der Waals surface area contributed by atoms with Crippen molar-refractivity contribution in [2.75, 3.05) is 19.8 Å². The number of aliphatic hydroxyl groups is 1. The van der Waals surface area contributed by atoms with Crippen molar-refractivity contribution in [3.63, 3.8) is 0 Å². The quantitative estimate of drug-likeness (QED) is 0.156. The van der Waals surface area contributed by atoms with Crippen LogP contribution in [-0.4, -0.2) is 70.8 Å². The van der Waals surface area contributed by atoms with Crippen LogP contribution in [-0.2, 0) is 26.6 Å². The maximum atomic E-state index is 11.3. The van der Waals surface area contributed by atoms with Crippen LogP contribution < -0.4 is 0 Å². The van der Waals surface area contributed by atoms with Gasteiger partial charge in [0, 0.05) is 18.7 Å². The summed E-state index contributed by atoms with van der Waals surface area (Å²) in [6.45, 7) is 21.7. The van der Waals surface area contributed by atoms with Crippen LogP contribution >= 0.6 is 0 Å². The monoisotopic (exact) mass is 496 g/mol. The molecule has 0 fully saturated rings. The van der Waals surface area contributed by atoms with Crippen LogP contribution in [0.3, 0.4) is 0 Å². The normalized spacial score (nSPS) is 14.9. The zero-order valence-corrected chi connectivity index (χ0v) is 24.7. The van der Waals surface area contributed by atoms with Crippen molar-refractivity contribution in [3.05, 3.63) is 12.2 Å². The first-order valence-electron chi connectivity index (χ1n) is 10.6. The lowest BCUT2D eigenvalue weighted by Crippen LogP contribution is -2.60. The molecule has 0 saturated carbocycles. The molecule has 1 unspecified atom stereocenters. The zero-order chi connectivity index (χ0) is 23.6. The van der Waals surface area contributed by atoms with E-state index in [0.29, 0.717) is 12.7 Å². The minimum absolute atomic E-state index is 0.0853. The van der Waals surface area contributed by atoms with E-state index in [0.717, 1.165) is 6.42 Å². The van der Waals surface area contributed by atoms with E-state index < -0.39 is 45.8 Å². The lowest BCUT2D eigenvalue weighted by Gasteiger charge is -2.42. The first-order chi connectivity index (χ1) is 13.5. The first kappa shape index (κ1) is 29.9. The Bertz CT molecular complexity index is 496. The summed E-state index contributed by atoms with van der Waals surface area (Å²) in [4.78, 5) is 11.3. The largest absolute Gasteiger partial charge is 0.469 e. The third-order valence-corrected chi connectivity index (χ3v) is 15.2. The van der Waals surface area contributed by atoms with Crippen LogP contribution in [0.1, 0.15) is 13.3 Å². The van der Waals surface area contributed by atoms with Crippen molar-refractivity contribution in [2.24, 2.45) is 0 Å². The molecule has 0 radical (unpaired) electrons. The minimum atomic E-state index is -2.85. The summed E-state index contributed by atoms with van der Waals surface area (Å²) in [7, 11) is -8.51. The highest BCUT2D eigenvalue weighted by Gasteiger charge is 2.49.